The summed E-state index contributed by atoms with van der Waals surface area (Å²) in [5, 5.41) is 14.3. The lowest BCUT2D eigenvalue weighted by Crippen LogP contribution is -2.47. The molecule has 1 saturated heterocycles. The highest BCUT2D eigenvalue weighted by atomic mass is 32.2. The van der Waals surface area contributed by atoms with Crippen molar-refractivity contribution in [1.29, 1.82) is 0 Å². The zero-order valence-corrected chi connectivity index (χ0v) is 22.3. The molecule has 1 amide bonds. The molecule has 2 aromatic rings. The van der Waals surface area contributed by atoms with E-state index >= 15 is 0 Å². The van der Waals surface area contributed by atoms with Crippen molar-refractivity contribution < 1.29 is 22.8 Å². The number of hydrogen-bond donors (Lipinski definition) is 1. The molecule has 198 valence electrons. The fraction of sp³-hybridized carbons (Fsp3) is 0.654. The molecule has 1 N–H and O–H groups in total. The van der Waals surface area contributed by atoms with Crippen LogP contribution in [-0.4, -0.2) is 56.8 Å². The molecule has 9 nitrogen and oxygen atoms in total. The van der Waals surface area contributed by atoms with Crippen LogP contribution in [-0.2, 0) is 10.0 Å². The van der Waals surface area contributed by atoms with E-state index in [0.717, 1.165) is 38.5 Å². The predicted molar refractivity (Wildman–Crippen MR) is 136 cm³/mol. The van der Waals surface area contributed by atoms with Crippen molar-refractivity contribution in [1.82, 2.24) is 19.3 Å². The van der Waals surface area contributed by atoms with E-state index in [4.69, 9.17) is 4.52 Å². The molecule has 0 bridgehead atoms. The summed E-state index contributed by atoms with van der Waals surface area (Å²) in [4.78, 5) is 18.3. The molecular weight excluding hydrogens is 480 g/mol. The van der Waals surface area contributed by atoms with Gasteiger partial charge in [-0.3, -0.25) is 4.90 Å². The summed E-state index contributed by atoms with van der Waals surface area (Å²) in [6, 6.07) is 7.87. The van der Waals surface area contributed by atoms with Gasteiger partial charge < -0.3 is 9.63 Å². The Morgan fingerprint density at radius 1 is 1.11 bits per heavy atom. The molecule has 1 saturated carbocycles. The molecule has 2 aliphatic rings. The largest absolute Gasteiger partial charge is 0.465 e. The number of carbonyl (C=O) groups is 1. The van der Waals surface area contributed by atoms with E-state index in [9.17, 15) is 18.3 Å². The van der Waals surface area contributed by atoms with Crippen LogP contribution in [0.1, 0.15) is 102 Å². The van der Waals surface area contributed by atoms with Crippen LogP contribution in [0.2, 0.25) is 0 Å². The lowest BCUT2D eigenvalue weighted by atomic mass is 9.91. The zero-order chi connectivity index (χ0) is 25.9. The van der Waals surface area contributed by atoms with Crippen molar-refractivity contribution in [3.63, 3.8) is 0 Å². The Kier molecular flexibility index (Phi) is 8.04. The number of carboxylic acid groups (broad SMARTS) is 1. The zero-order valence-electron chi connectivity index (χ0n) is 21.5. The van der Waals surface area contributed by atoms with Crippen molar-refractivity contribution in [2.24, 2.45) is 5.92 Å². The van der Waals surface area contributed by atoms with Crippen LogP contribution in [0.15, 0.2) is 34.9 Å². The summed E-state index contributed by atoms with van der Waals surface area (Å²) in [5.74, 6) is 0.809. The molecule has 0 spiro atoms. The smallest absolute Gasteiger partial charge is 0.408 e. The van der Waals surface area contributed by atoms with Crippen LogP contribution < -0.4 is 0 Å². The highest BCUT2D eigenvalue weighted by Crippen LogP contribution is 2.37. The maximum absolute atomic E-state index is 13.5. The Balaban J connectivity index is 1.66. The maximum atomic E-state index is 13.5. The van der Waals surface area contributed by atoms with Crippen molar-refractivity contribution >= 4 is 16.1 Å². The maximum Gasteiger partial charge on any atom is 0.408 e. The topological polar surface area (TPSA) is 117 Å². The van der Waals surface area contributed by atoms with Gasteiger partial charge in [-0.1, -0.05) is 61.2 Å². The first kappa shape index (κ1) is 26.6. The average molecular weight is 519 g/mol. The van der Waals surface area contributed by atoms with Gasteiger partial charge in [0, 0.05) is 12.1 Å². The monoisotopic (exact) mass is 518 g/mol. The van der Waals surface area contributed by atoms with Crippen molar-refractivity contribution in [2.75, 3.05) is 12.3 Å². The van der Waals surface area contributed by atoms with E-state index in [2.05, 4.69) is 10.1 Å². The molecule has 2 heterocycles. The number of rotatable bonds is 7. The molecule has 2 atom stereocenters. The summed E-state index contributed by atoms with van der Waals surface area (Å²) in [7, 11) is -3.49. The number of amides is 1. The molecule has 10 heteroatoms. The summed E-state index contributed by atoms with van der Waals surface area (Å²) in [6.45, 7) is 5.88. The van der Waals surface area contributed by atoms with Crippen molar-refractivity contribution in [3.05, 3.63) is 47.6 Å². The van der Waals surface area contributed by atoms with E-state index in [1.807, 2.05) is 51.1 Å². The molecule has 1 aliphatic heterocycles. The number of hydrogen-bond acceptors (Lipinski definition) is 6. The van der Waals surface area contributed by atoms with Crippen LogP contribution >= 0.6 is 0 Å². The number of aromatic nitrogens is 2. The molecule has 0 radical (unpaired) electrons. The number of sulfonamides is 1. The second-order valence-corrected chi connectivity index (χ2v) is 13.0. The van der Waals surface area contributed by atoms with Crippen LogP contribution in [0.25, 0.3) is 0 Å². The highest BCUT2D eigenvalue weighted by molar-refractivity contribution is 7.89. The normalized spacial score (nSPS) is 21.2. The first-order valence-electron chi connectivity index (χ1n) is 13.0. The number of piperidine rings is 1. The van der Waals surface area contributed by atoms with Crippen LogP contribution in [0.3, 0.4) is 0 Å². The van der Waals surface area contributed by atoms with Crippen LogP contribution in [0.4, 0.5) is 4.79 Å². The van der Waals surface area contributed by atoms with Gasteiger partial charge in [0.25, 0.3) is 5.89 Å². The summed E-state index contributed by atoms with van der Waals surface area (Å²) in [5.41, 5.74) is -0.0447. The fourth-order valence-electron chi connectivity index (χ4n) is 5.56. The average Bonchev–Trinajstić information content (AvgIpc) is 3.32. The Labute approximate surface area is 213 Å². The van der Waals surface area contributed by atoms with E-state index in [0.29, 0.717) is 24.4 Å². The lowest BCUT2D eigenvalue weighted by molar-refractivity contribution is 0.0709. The quantitative estimate of drug-likeness (QED) is 0.523. The Hall–Kier alpha value is -2.46. The van der Waals surface area contributed by atoms with E-state index in [1.54, 1.807) is 4.31 Å². The SMILES string of the molecule is CC(C)(C)N(C(=O)O)C(c1ccccc1)c1nc([C@@H]2CCCCN2S(=O)(=O)CC2CCCCC2)no1. The molecule has 4 rings (SSSR count). The van der Waals surface area contributed by atoms with Gasteiger partial charge in [-0.15, -0.1) is 0 Å². The van der Waals surface area contributed by atoms with Gasteiger partial charge in [0.1, 0.15) is 6.04 Å². The van der Waals surface area contributed by atoms with Crippen LogP contribution in [0.5, 0.6) is 0 Å². The molecular formula is C26H38N4O5S. The second kappa shape index (κ2) is 10.9. The van der Waals surface area contributed by atoms with Gasteiger partial charge in [-0.05, 0) is 57.9 Å². The van der Waals surface area contributed by atoms with Crippen LogP contribution in [0, 0.1) is 5.92 Å². The lowest BCUT2D eigenvalue weighted by Gasteiger charge is -2.38. The van der Waals surface area contributed by atoms with Gasteiger partial charge in [0.15, 0.2) is 5.82 Å². The second-order valence-electron chi connectivity index (χ2n) is 11.0. The molecule has 1 aromatic carbocycles. The third kappa shape index (κ3) is 5.91. The molecule has 2 fully saturated rings. The first-order valence-corrected chi connectivity index (χ1v) is 14.6. The van der Waals surface area contributed by atoms with Gasteiger partial charge in [-0.2, -0.15) is 9.29 Å². The molecule has 1 aliphatic carbocycles. The van der Waals surface area contributed by atoms with Gasteiger partial charge in [0.2, 0.25) is 10.0 Å². The van der Waals surface area contributed by atoms with Gasteiger partial charge in [-0.25, -0.2) is 13.2 Å². The molecule has 1 unspecified atom stereocenters. The fourth-order valence-corrected chi connectivity index (χ4v) is 7.67. The molecule has 1 aromatic heterocycles. The first-order chi connectivity index (χ1) is 17.1. The van der Waals surface area contributed by atoms with E-state index in [-0.39, 0.29) is 17.6 Å². The minimum atomic E-state index is -3.49. The highest BCUT2D eigenvalue weighted by Gasteiger charge is 2.41. The Bertz CT molecular complexity index is 1120. The van der Waals surface area contributed by atoms with Crippen molar-refractivity contribution in [3.8, 4) is 0 Å². The van der Waals surface area contributed by atoms with Gasteiger partial charge >= 0.3 is 6.09 Å². The summed E-state index contributed by atoms with van der Waals surface area (Å²) < 4.78 is 34.2. The summed E-state index contributed by atoms with van der Waals surface area (Å²) >= 11 is 0. The number of benzene rings is 1. The standard InChI is InChI=1S/C26H38N4O5S/c1-26(2,3)30(25(31)32)22(20-14-8-5-9-15-20)24-27-23(28-35-24)21-16-10-11-17-29(21)36(33,34)18-19-12-6-4-7-13-19/h5,8-9,14-15,19,21-22H,4,6-7,10-13,16-18H2,1-3H3,(H,31,32)/t21-,22?/m0/s1. The third-order valence-corrected chi connectivity index (χ3v) is 9.32. The Morgan fingerprint density at radius 2 is 1.78 bits per heavy atom. The Morgan fingerprint density at radius 3 is 2.42 bits per heavy atom. The molecule has 36 heavy (non-hydrogen) atoms. The minimum absolute atomic E-state index is 0.142. The van der Waals surface area contributed by atoms with E-state index < -0.39 is 33.7 Å². The van der Waals surface area contributed by atoms with Gasteiger partial charge in [0.05, 0.1) is 11.8 Å². The van der Waals surface area contributed by atoms with Crippen molar-refractivity contribution in [2.45, 2.75) is 89.8 Å². The summed E-state index contributed by atoms with van der Waals surface area (Å²) in [6.07, 6.45) is 6.45. The predicted octanol–water partition coefficient (Wildman–Crippen LogP) is 5.37. The number of nitrogens with zero attached hydrogens (tertiary/aromatic N) is 4. The third-order valence-electron chi connectivity index (χ3n) is 7.27. The van der Waals surface area contributed by atoms with E-state index in [1.165, 1.54) is 11.3 Å². The minimum Gasteiger partial charge on any atom is -0.465 e.